The van der Waals surface area contributed by atoms with E-state index in [-0.39, 0.29) is 17.9 Å². The number of aromatic nitrogens is 3. The van der Waals surface area contributed by atoms with Crippen LogP contribution < -0.4 is 4.74 Å². The van der Waals surface area contributed by atoms with Gasteiger partial charge in [-0.1, -0.05) is 25.1 Å². The molecule has 0 amide bonds. The summed E-state index contributed by atoms with van der Waals surface area (Å²) in [5.41, 5.74) is 3.20. The molecule has 0 aliphatic rings. The third-order valence-corrected chi connectivity index (χ3v) is 7.14. The maximum absolute atomic E-state index is 14.2. The second-order valence-corrected chi connectivity index (χ2v) is 9.84. The Morgan fingerprint density at radius 3 is 2.76 bits per heavy atom. The van der Waals surface area contributed by atoms with Crippen molar-refractivity contribution in [1.82, 2.24) is 14.5 Å². The zero-order chi connectivity index (χ0) is 26.6. The van der Waals surface area contributed by atoms with Crippen molar-refractivity contribution >= 4 is 34.0 Å². The lowest BCUT2D eigenvalue weighted by atomic mass is 10.2. The number of aryl methyl sites for hydroxylation is 1. The zero-order valence-electron chi connectivity index (χ0n) is 20.5. The van der Waals surface area contributed by atoms with Gasteiger partial charge in [0.25, 0.3) is 0 Å². The maximum Gasteiger partial charge on any atom is 0.335 e. The third kappa shape index (κ3) is 5.26. The number of carboxylic acids is 1. The van der Waals surface area contributed by atoms with Gasteiger partial charge in [-0.2, -0.15) is 0 Å². The Hall–Kier alpha value is -4.55. The summed E-state index contributed by atoms with van der Waals surface area (Å²) in [7, 11) is 0. The van der Waals surface area contributed by atoms with E-state index in [1.807, 2.05) is 24.3 Å². The quantitative estimate of drug-likeness (QED) is 0.207. The van der Waals surface area contributed by atoms with Gasteiger partial charge in [0.05, 0.1) is 33.7 Å². The molecule has 0 aliphatic carbocycles. The number of imidazole rings is 1. The van der Waals surface area contributed by atoms with Crippen LogP contribution in [-0.2, 0) is 19.6 Å². The number of carboxylic acid groups (broad SMARTS) is 1. The minimum Gasteiger partial charge on any atom is -0.478 e. The highest BCUT2D eigenvalue weighted by atomic mass is 32.1. The van der Waals surface area contributed by atoms with Crippen LogP contribution in [0.25, 0.3) is 26.4 Å². The SMILES string of the molecule is [C-]#[N+]c1ccc(COc2cccc(-c3ccc(Cc4nc5ccc(C(=O)O)cc5n4CCC)s3)n2)c(F)c1. The molecule has 0 radical (unpaired) electrons. The molecule has 0 saturated heterocycles. The van der Waals surface area contributed by atoms with Gasteiger partial charge in [-0.05, 0) is 48.9 Å². The predicted octanol–water partition coefficient (Wildman–Crippen LogP) is 7.13. The maximum atomic E-state index is 14.2. The van der Waals surface area contributed by atoms with E-state index in [1.54, 1.807) is 47.7 Å². The molecular weight excluding hydrogens is 503 g/mol. The van der Waals surface area contributed by atoms with E-state index >= 15 is 0 Å². The van der Waals surface area contributed by atoms with Gasteiger partial charge >= 0.3 is 5.97 Å². The molecule has 9 heteroatoms. The normalized spacial score (nSPS) is 11.0. The van der Waals surface area contributed by atoms with Crippen molar-refractivity contribution in [1.29, 1.82) is 0 Å². The molecular formula is C29H23FN4O3S. The standard InChI is InChI=1S/C29H23FN4O3S/c1-3-13-34-25-14-18(29(35)36)8-11-23(25)32-27(34)16-21-10-12-26(38-21)24-5-4-6-28(33-24)37-17-19-7-9-20(31-2)15-22(19)30/h4-12,14-15H,3,13,16-17H2,1H3,(H,35,36). The molecule has 3 aromatic heterocycles. The Balaban J connectivity index is 1.34. The average Bonchev–Trinajstić information content (AvgIpc) is 3.53. The van der Waals surface area contributed by atoms with E-state index in [2.05, 4.69) is 21.3 Å². The van der Waals surface area contributed by atoms with Crippen LogP contribution in [0.1, 0.15) is 40.0 Å². The van der Waals surface area contributed by atoms with Gasteiger partial charge in [-0.3, -0.25) is 0 Å². The summed E-state index contributed by atoms with van der Waals surface area (Å²) in [4.78, 5) is 26.1. The summed E-state index contributed by atoms with van der Waals surface area (Å²) in [5.74, 6) is -0.174. The number of rotatable bonds is 9. The first kappa shape index (κ1) is 25.1. The van der Waals surface area contributed by atoms with Crippen LogP contribution in [0.2, 0.25) is 0 Å². The third-order valence-electron chi connectivity index (χ3n) is 6.03. The summed E-state index contributed by atoms with van der Waals surface area (Å²) in [6.45, 7) is 9.82. The number of fused-ring (bicyclic) bond motifs is 1. The first-order chi connectivity index (χ1) is 18.4. The molecule has 0 bridgehead atoms. The van der Waals surface area contributed by atoms with E-state index < -0.39 is 11.8 Å². The molecule has 0 spiro atoms. The van der Waals surface area contributed by atoms with Crippen LogP contribution in [0.15, 0.2) is 66.7 Å². The molecule has 0 fully saturated rings. The summed E-state index contributed by atoms with van der Waals surface area (Å²) in [6.07, 6.45) is 1.51. The first-order valence-electron chi connectivity index (χ1n) is 12.0. The van der Waals surface area contributed by atoms with E-state index in [9.17, 15) is 14.3 Å². The largest absolute Gasteiger partial charge is 0.478 e. The molecule has 0 atom stereocenters. The number of hydrogen-bond acceptors (Lipinski definition) is 5. The van der Waals surface area contributed by atoms with Crippen LogP contribution >= 0.6 is 11.3 Å². The number of carbonyl (C=O) groups is 1. The predicted molar refractivity (Wildman–Crippen MR) is 144 cm³/mol. The van der Waals surface area contributed by atoms with Crippen molar-refractivity contribution in [2.75, 3.05) is 0 Å². The highest BCUT2D eigenvalue weighted by Crippen LogP contribution is 2.30. The second-order valence-electron chi connectivity index (χ2n) is 8.67. The summed E-state index contributed by atoms with van der Waals surface area (Å²) < 4.78 is 22.0. The molecule has 0 aliphatic heterocycles. The topological polar surface area (TPSA) is 81.6 Å². The van der Waals surface area contributed by atoms with Gasteiger partial charge in [-0.15, -0.1) is 11.3 Å². The fourth-order valence-corrected chi connectivity index (χ4v) is 5.16. The molecule has 3 heterocycles. The minimum absolute atomic E-state index is 0.00744. The van der Waals surface area contributed by atoms with E-state index in [0.717, 1.165) is 45.3 Å². The fourth-order valence-electron chi connectivity index (χ4n) is 4.19. The van der Waals surface area contributed by atoms with E-state index in [0.29, 0.717) is 17.9 Å². The smallest absolute Gasteiger partial charge is 0.335 e. The van der Waals surface area contributed by atoms with Crippen LogP contribution in [0.4, 0.5) is 10.1 Å². The van der Waals surface area contributed by atoms with Gasteiger partial charge < -0.3 is 14.4 Å². The molecule has 190 valence electrons. The van der Waals surface area contributed by atoms with E-state index in [4.69, 9.17) is 16.3 Å². The number of nitrogens with zero attached hydrogens (tertiary/aromatic N) is 4. The van der Waals surface area contributed by atoms with Crippen molar-refractivity contribution in [2.24, 2.45) is 0 Å². The molecule has 5 rings (SSSR count). The molecule has 1 N–H and O–H groups in total. The van der Waals surface area contributed by atoms with Gasteiger partial charge in [0, 0.05) is 29.5 Å². The Morgan fingerprint density at radius 2 is 2.00 bits per heavy atom. The number of benzene rings is 2. The monoisotopic (exact) mass is 526 g/mol. The molecule has 7 nitrogen and oxygen atoms in total. The number of thiophene rings is 1. The van der Waals surface area contributed by atoms with Crippen LogP contribution in [0.5, 0.6) is 5.88 Å². The van der Waals surface area contributed by atoms with E-state index in [1.165, 1.54) is 6.07 Å². The highest BCUT2D eigenvalue weighted by molar-refractivity contribution is 7.15. The summed E-state index contributed by atoms with van der Waals surface area (Å²) in [5, 5.41) is 9.39. The number of hydrogen-bond donors (Lipinski definition) is 1. The molecule has 0 unspecified atom stereocenters. The Labute approximate surface area is 222 Å². The number of halogens is 1. The lowest BCUT2D eigenvalue weighted by Gasteiger charge is -2.08. The van der Waals surface area contributed by atoms with Crippen molar-refractivity contribution in [3.05, 3.63) is 106 Å². The Bertz CT molecular complexity index is 1690. The Kier molecular flexibility index (Phi) is 7.15. The van der Waals surface area contributed by atoms with Crippen molar-refractivity contribution in [2.45, 2.75) is 32.9 Å². The lowest BCUT2D eigenvalue weighted by molar-refractivity contribution is 0.0697. The highest BCUT2D eigenvalue weighted by Gasteiger charge is 2.15. The fraction of sp³-hybridized carbons (Fsp3) is 0.172. The van der Waals surface area contributed by atoms with Gasteiger partial charge in [0.1, 0.15) is 18.2 Å². The lowest BCUT2D eigenvalue weighted by Crippen LogP contribution is -2.04. The molecule has 38 heavy (non-hydrogen) atoms. The average molecular weight is 527 g/mol. The number of aromatic carboxylic acids is 1. The minimum atomic E-state index is -0.956. The number of ether oxygens (including phenoxy) is 1. The Morgan fingerprint density at radius 1 is 1.13 bits per heavy atom. The second kappa shape index (κ2) is 10.8. The molecule has 5 aromatic rings. The molecule has 0 saturated carbocycles. The summed E-state index contributed by atoms with van der Waals surface area (Å²) >= 11 is 1.60. The van der Waals surface area contributed by atoms with Crippen molar-refractivity contribution in [3.63, 3.8) is 0 Å². The van der Waals surface area contributed by atoms with Crippen LogP contribution in [0, 0.1) is 12.4 Å². The van der Waals surface area contributed by atoms with Crippen LogP contribution in [-0.4, -0.2) is 25.6 Å². The molecule has 2 aromatic carbocycles. The van der Waals surface area contributed by atoms with Crippen molar-refractivity contribution in [3.8, 4) is 16.5 Å². The summed E-state index contributed by atoms with van der Waals surface area (Å²) in [6, 6.07) is 18.8. The zero-order valence-corrected chi connectivity index (χ0v) is 21.3. The first-order valence-corrected chi connectivity index (χ1v) is 12.8. The van der Waals surface area contributed by atoms with Gasteiger partial charge in [0.2, 0.25) is 5.88 Å². The van der Waals surface area contributed by atoms with Gasteiger partial charge in [-0.25, -0.2) is 24.0 Å². The van der Waals surface area contributed by atoms with Crippen LogP contribution in [0.3, 0.4) is 0 Å². The number of pyridine rings is 1. The van der Waals surface area contributed by atoms with Crippen molar-refractivity contribution < 1.29 is 19.0 Å². The van der Waals surface area contributed by atoms with Gasteiger partial charge in [0.15, 0.2) is 5.69 Å².